The number of guanidine groups is 1. The van der Waals surface area contributed by atoms with Crippen molar-refractivity contribution in [3.8, 4) is 5.75 Å². The minimum absolute atomic E-state index is 0.0557. The van der Waals surface area contributed by atoms with Gasteiger partial charge in [0, 0.05) is 46.9 Å². The highest BCUT2D eigenvalue weighted by Crippen LogP contribution is 2.12. The van der Waals surface area contributed by atoms with Crippen molar-refractivity contribution in [3.63, 3.8) is 0 Å². The molecule has 0 radical (unpaired) electrons. The van der Waals surface area contributed by atoms with Crippen LogP contribution in [-0.4, -0.2) is 94.7 Å². The molecule has 178 valence electrons. The summed E-state index contributed by atoms with van der Waals surface area (Å²) in [5.74, 6) is 1.53. The Morgan fingerprint density at radius 2 is 1.84 bits per heavy atom. The van der Waals surface area contributed by atoms with Gasteiger partial charge in [-0.05, 0) is 37.0 Å². The number of hydrogen-bond donors (Lipinski definition) is 2. The van der Waals surface area contributed by atoms with Gasteiger partial charge in [-0.3, -0.25) is 9.59 Å². The fourth-order valence-corrected chi connectivity index (χ4v) is 3.37. The smallest absolute Gasteiger partial charge is 0.243 e. The molecule has 0 unspecified atom stereocenters. The highest BCUT2D eigenvalue weighted by molar-refractivity contribution is 5.85. The van der Waals surface area contributed by atoms with E-state index >= 15 is 0 Å². The first kappa shape index (κ1) is 25.5. The summed E-state index contributed by atoms with van der Waals surface area (Å²) in [7, 11) is 6.70. The van der Waals surface area contributed by atoms with Crippen LogP contribution in [0.4, 0.5) is 0 Å². The number of hydrogen-bond acceptors (Lipinski definition) is 5. The van der Waals surface area contributed by atoms with Gasteiger partial charge in [-0.25, -0.2) is 4.99 Å². The summed E-state index contributed by atoms with van der Waals surface area (Å²) in [6.45, 7) is 2.62. The van der Waals surface area contributed by atoms with E-state index in [1.807, 2.05) is 29.2 Å². The number of amides is 2. The van der Waals surface area contributed by atoms with Gasteiger partial charge in [0.05, 0.1) is 20.1 Å². The third-order valence-corrected chi connectivity index (χ3v) is 5.44. The van der Waals surface area contributed by atoms with Crippen LogP contribution in [0, 0.1) is 0 Å². The number of carbonyl (C=O) groups is 2. The molecule has 0 aliphatic carbocycles. The molecule has 9 heteroatoms. The van der Waals surface area contributed by atoms with Crippen LogP contribution in [0.25, 0.3) is 0 Å². The van der Waals surface area contributed by atoms with Gasteiger partial charge >= 0.3 is 0 Å². The Hall–Kier alpha value is -2.81. The zero-order chi connectivity index (χ0) is 23.3. The normalized spacial score (nSPS) is 14.8. The van der Waals surface area contributed by atoms with Crippen molar-refractivity contribution in [2.24, 2.45) is 4.99 Å². The third kappa shape index (κ3) is 8.74. The lowest BCUT2D eigenvalue weighted by Crippen LogP contribution is -2.50. The van der Waals surface area contributed by atoms with Crippen LogP contribution in [-0.2, 0) is 20.7 Å². The lowest BCUT2D eigenvalue weighted by molar-refractivity contribution is -0.133. The number of rotatable bonds is 10. The molecule has 1 aromatic rings. The second-order valence-electron chi connectivity index (χ2n) is 8.02. The van der Waals surface area contributed by atoms with E-state index in [-0.39, 0.29) is 24.4 Å². The Morgan fingerprint density at radius 3 is 2.44 bits per heavy atom. The third-order valence-electron chi connectivity index (χ3n) is 5.44. The first-order valence-corrected chi connectivity index (χ1v) is 11.1. The second-order valence-corrected chi connectivity index (χ2v) is 8.02. The predicted molar refractivity (Wildman–Crippen MR) is 125 cm³/mol. The van der Waals surface area contributed by atoms with Crippen LogP contribution in [0.5, 0.6) is 5.75 Å². The number of nitrogens with one attached hydrogen (secondary N) is 2. The molecule has 0 atom stereocenters. The molecule has 32 heavy (non-hydrogen) atoms. The van der Waals surface area contributed by atoms with Crippen molar-refractivity contribution in [2.45, 2.75) is 31.7 Å². The molecule has 1 aliphatic rings. The Bertz CT molecular complexity index is 743. The standard InChI is InChI=1S/C23H37N5O4/c1-27(2)22(30)17-25-23(24-13-9-18-5-7-20(32-4)8-6-18)26-19-10-14-28(15-11-19)21(29)12-16-31-3/h5-8,19H,9-17H2,1-4H3,(H2,24,25,26). The molecule has 1 fully saturated rings. The number of nitrogens with zero attached hydrogens (tertiary/aromatic N) is 3. The number of ether oxygens (including phenoxy) is 2. The lowest BCUT2D eigenvalue weighted by Gasteiger charge is -2.33. The van der Waals surface area contributed by atoms with E-state index in [2.05, 4.69) is 15.6 Å². The molecule has 9 nitrogen and oxygen atoms in total. The van der Waals surface area contributed by atoms with Gasteiger partial charge in [-0.1, -0.05) is 12.1 Å². The van der Waals surface area contributed by atoms with Crippen molar-refractivity contribution in [1.29, 1.82) is 0 Å². The minimum Gasteiger partial charge on any atom is -0.497 e. The number of benzene rings is 1. The van der Waals surface area contributed by atoms with Gasteiger partial charge in [0.1, 0.15) is 12.3 Å². The fraction of sp³-hybridized carbons (Fsp3) is 0.609. The Labute approximate surface area is 191 Å². The van der Waals surface area contributed by atoms with Crippen molar-refractivity contribution in [2.75, 3.05) is 61.1 Å². The Balaban J connectivity index is 1.88. The highest BCUT2D eigenvalue weighted by Gasteiger charge is 2.23. The van der Waals surface area contributed by atoms with E-state index in [0.29, 0.717) is 38.6 Å². The number of piperidine rings is 1. The fourth-order valence-electron chi connectivity index (χ4n) is 3.37. The van der Waals surface area contributed by atoms with E-state index in [9.17, 15) is 9.59 Å². The molecular weight excluding hydrogens is 410 g/mol. The largest absolute Gasteiger partial charge is 0.497 e. The van der Waals surface area contributed by atoms with Crippen LogP contribution in [0.15, 0.2) is 29.3 Å². The summed E-state index contributed by atoms with van der Waals surface area (Å²) in [4.78, 5) is 32.1. The first-order chi connectivity index (χ1) is 15.4. The van der Waals surface area contributed by atoms with E-state index in [1.54, 1.807) is 28.3 Å². The summed E-state index contributed by atoms with van der Waals surface area (Å²) >= 11 is 0. The predicted octanol–water partition coefficient (Wildman–Crippen LogP) is 0.889. The van der Waals surface area contributed by atoms with Crippen LogP contribution in [0.3, 0.4) is 0 Å². The Kier molecular flexibility index (Phi) is 10.8. The van der Waals surface area contributed by atoms with Gasteiger partial charge < -0.3 is 29.9 Å². The quantitative estimate of drug-likeness (QED) is 0.409. The molecule has 1 aliphatic heterocycles. The molecule has 0 aromatic heterocycles. The van der Waals surface area contributed by atoms with Crippen molar-refractivity contribution in [1.82, 2.24) is 20.4 Å². The molecule has 0 saturated carbocycles. The SMILES string of the molecule is COCCC(=O)N1CCC(NC(=NCC(=O)N(C)C)NCCc2ccc(OC)cc2)CC1. The Morgan fingerprint density at radius 1 is 1.16 bits per heavy atom. The topological polar surface area (TPSA) is 95.5 Å². The second kappa shape index (κ2) is 13.6. The van der Waals surface area contributed by atoms with Gasteiger partial charge in [-0.2, -0.15) is 0 Å². The van der Waals surface area contributed by atoms with Crippen molar-refractivity contribution in [3.05, 3.63) is 29.8 Å². The average molecular weight is 448 g/mol. The van der Waals surface area contributed by atoms with E-state index in [4.69, 9.17) is 9.47 Å². The molecule has 1 heterocycles. The van der Waals surface area contributed by atoms with E-state index in [0.717, 1.165) is 25.0 Å². The van der Waals surface area contributed by atoms with Gasteiger partial charge in [0.2, 0.25) is 11.8 Å². The van der Waals surface area contributed by atoms with Crippen LogP contribution in [0.1, 0.15) is 24.8 Å². The minimum atomic E-state index is -0.0557. The summed E-state index contributed by atoms with van der Waals surface area (Å²) in [5, 5.41) is 6.78. The van der Waals surface area contributed by atoms with Crippen molar-refractivity contribution >= 4 is 17.8 Å². The monoisotopic (exact) mass is 447 g/mol. The first-order valence-electron chi connectivity index (χ1n) is 11.1. The van der Waals surface area contributed by atoms with E-state index in [1.165, 1.54) is 10.5 Å². The number of likely N-dealkylation sites (N-methyl/N-ethyl adjacent to an activating group) is 1. The summed E-state index contributed by atoms with van der Waals surface area (Å²) in [6.07, 6.45) is 2.90. The number of aliphatic imine (C=N–C) groups is 1. The molecule has 2 rings (SSSR count). The van der Waals surface area contributed by atoms with Crippen LogP contribution in [0.2, 0.25) is 0 Å². The maximum absolute atomic E-state index is 12.2. The summed E-state index contributed by atoms with van der Waals surface area (Å²) < 4.78 is 10.2. The molecule has 0 bridgehead atoms. The van der Waals surface area contributed by atoms with Crippen molar-refractivity contribution < 1.29 is 19.1 Å². The maximum Gasteiger partial charge on any atom is 0.243 e. The molecule has 1 saturated heterocycles. The highest BCUT2D eigenvalue weighted by atomic mass is 16.5. The van der Waals surface area contributed by atoms with E-state index < -0.39 is 0 Å². The lowest BCUT2D eigenvalue weighted by atomic mass is 10.0. The van der Waals surface area contributed by atoms with Gasteiger partial charge in [0.25, 0.3) is 0 Å². The maximum atomic E-state index is 12.2. The van der Waals surface area contributed by atoms with Crippen LogP contribution >= 0.6 is 0 Å². The summed E-state index contributed by atoms with van der Waals surface area (Å²) in [5.41, 5.74) is 1.19. The summed E-state index contributed by atoms with van der Waals surface area (Å²) in [6, 6.07) is 8.16. The van der Waals surface area contributed by atoms with Gasteiger partial charge in [-0.15, -0.1) is 0 Å². The number of carbonyl (C=O) groups excluding carboxylic acids is 2. The number of methoxy groups -OCH3 is 2. The molecule has 2 N–H and O–H groups in total. The molecular formula is C23H37N5O4. The zero-order valence-corrected chi connectivity index (χ0v) is 19.7. The number of likely N-dealkylation sites (tertiary alicyclic amines) is 1. The van der Waals surface area contributed by atoms with Crippen LogP contribution < -0.4 is 15.4 Å². The molecule has 0 spiro atoms. The van der Waals surface area contributed by atoms with Gasteiger partial charge in [0.15, 0.2) is 5.96 Å². The zero-order valence-electron chi connectivity index (χ0n) is 19.7. The average Bonchev–Trinajstić information content (AvgIpc) is 2.81. The molecule has 1 aromatic carbocycles. The molecule has 2 amide bonds.